The molecule has 1 N–H and O–H groups in total. The summed E-state index contributed by atoms with van der Waals surface area (Å²) in [4.78, 5) is 20.7. The lowest BCUT2D eigenvalue weighted by Gasteiger charge is -2.39. The maximum Gasteiger partial charge on any atom is 0.335 e. The molecular formula is C23H24ClN3O2S. The molecule has 7 heteroatoms. The first-order valence-electron chi connectivity index (χ1n) is 9.97. The standard InChI is InChI=1S/C23H24ClN3O2S/c1-15-22(30-21(25-15)16-8-10-18(24)11-9-16)26(2)20-7-4-12-27(14-20)19-6-3-5-17(13-19)23(28)29/h3,5-6,8-11,13,20H,4,7,12,14H2,1-2H3,(H,28,29). The van der Waals surface area contributed by atoms with Crippen LogP contribution in [0.5, 0.6) is 0 Å². The summed E-state index contributed by atoms with van der Waals surface area (Å²) < 4.78 is 0. The number of piperidine rings is 1. The van der Waals surface area contributed by atoms with Crippen molar-refractivity contribution in [2.75, 3.05) is 29.9 Å². The number of aromatic carboxylic acids is 1. The van der Waals surface area contributed by atoms with Gasteiger partial charge in [-0.1, -0.05) is 41.1 Å². The summed E-state index contributed by atoms with van der Waals surface area (Å²) in [7, 11) is 2.13. The third-order valence-corrected chi connectivity index (χ3v) is 7.14. The summed E-state index contributed by atoms with van der Waals surface area (Å²) in [6, 6.07) is 15.3. The van der Waals surface area contributed by atoms with E-state index in [4.69, 9.17) is 16.6 Å². The fourth-order valence-electron chi connectivity index (χ4n) is 3.94. The van der Waals surface area contributed by atoms with Gasteiger partial charge in [-0.3, -0.25) is 0 Å². The Morgan fingerprint density at radius 3 is 2.77 bits per heavy atom. The molecule has 2 heterocycles. The lowest BCUT2D eigenvalue weighted by Crippen LogP contribution is -2.46. The number of anilines is 2. The molecule has 3 aromatic rings. The van der Waals surface area contributed by atoms with Gasteiger partial charge in [-0.15, -0.1) is 0 Å². The van der Waals surface area contributed by atoms with Gasteiger partial charge in [-0.25, -0.2) is 9.78 Å². The normalized spacial score (nSPS) is 16.5. The van der Waals surface area contributed by atoms with Crippen molar-refractivity contribution in [1.82, 2.24) is 4.98 Å². The third-order valence-electron chi connectivity index (χ3n) is 5.59. The zero-order valence-electron chi connectivity index (χ0n) is 17.0. The largest absolute Gasteiger partial charge is 0.478 e. The number of benzene rings is 2. The Morgan fingerprint density at radius 1 is 1.27 bits per heavy atom. The fraction of sp³-hybridized carbons (Fsp3) is 0.304. The first kappa shape index (κ1) is 20.7. The number of hydrogen-bond acceptors (Lipinski definition) is 5. The fourth-order valence-corrected chi connectivity index (χ4v) is 5.17. The number of carboxylic acid groups (broad SMARTS) is 1. The highest BCUT2D eigenvalue weighted by Crippen LogP contribution is 2.36. The Hall–Kier alpha value is -2.57. The summed E-state index contributed by atoms with van der Waals surface area (Å²) in [6.07, 6.45) is 2.16. The Labute approximate surface area is 185 Å². The van der Waals surface area contributed by atoms with E-state index in [1.165, 1.54) is 5.00 Å². The van der Waals surface area contributed by atoms with Crippen LogP contribution < -0.4 is 9.80 Å². The Morgan fingerprint density at radius 2 is 2.03 bits per heavy atom. The Balaban J connectivity index is 1.53. The molecule has 0 amide bonds. The number of hydrogen-bond donors (Lipinski definition) is 1. The van der Waals surface area contributed by atoms with Gasteiger partial charge in [0.05, 0.1) is 11.3 Å². The van der Waals surface area contributed by atoms with E-state index in [1.807, 2.05) is 36.4 Å². The lowest BCUT2D eigenvalue weighted by atomic mass is 10.0. The second-order valence-corrected chi connectivity index (χ2v) is 9.04. The average molecular weight is 442 g/mol. The zero-order valence-corrected chi connectivity index (χ0v) is 18.6. The van der Waals surface area contributed by atoms with E-state index >= 15 is 0 Å². The summed E-state index contributed by atoms with van der Waals surface area (Å²) in [5.41, 5.74) is 3.39. The van der Waals surface area contributed by atoms with Gasteiger partial charge in [0.2, 0.25) is 0 Å². The molecule has 1 aliphatic rings. The molecule has 5 nitrogen and oxygen atoms in total. The van der Waals surface area contributed by atoms with Gasteiger partial charge < -0.3 is 14.9 Å². The lowest BCUT2D eigenvalue weighted by molar-refractivity contribution is 0.0697. The SMILES string of the molecule is Cc1nc(-c2ccc(Cl)cc2)sc1N(C)C1CCCN(c2cccc(C(=O)O)c2)C1. The van der Waals surface area contributed by atoms with Crippen LogP contribution >= 0.6 is 22.9 Å². The summed E-state index contributed by atoms with van der Waals surface area (Å²) in [5.74, 6) is -0.891. The van der Waals surface area contributed by atoms with Crippen LogP contribution in [0.25, 0.3) is 10.6 Å². The number of likely N-dealkylation sites (N-methyl/N-ethyl adjacent to an activating group) is 1. The van der Waals surface area contributed by atoms with Gasteiger partial charge in [0.25, 0.3) is 0 Å². The smallest absolute Gasteiger partial charge is 0.335 e. The van der Waals surface area contributed by atoms with Gasteiger partial charge >= 0.3 is 5.97 Å². The Kier molecular flexibility index (Phi) is 5.97. The van der Waals surface area contributed by atoms with Gasteiger partial charge in [0.15, 0.2) is 0 Å². The monoisotopic (exact) mass is 441 g/mol. The number of carboxylic acids is 1. The van der Waals surface area contributed by atoms with E-state index in [-0.39, 0.29) is 0 Å². The van der Waals surface area contributed by atoms with Gasteiger partial charge in [-0.05, 0) is 50.1 Å². The second kappa shape index (κ2) is 8.66. The van der Waals surface area contributed by atoms with Crippen LogP contribution in [0.1, 0.15) is 28.9 Å². The van der Waals surface area contributed by atoms with Crippen LogP contribution in [0, 0.1) is 6.92 Å². The molecule has 2 aromatic carbocycles. The number of rotatable bonds is 5. The minimum absolute atomic E-state index is 0.328. The zero-order chi connectivity index (χ0) is 21.3. The number of thiazole rings is 1. The molecule has 4 rings (SSSR count). The highest BCUT2D eigenvalue weighted by molar-refractivity contribution is 7.19. The van der Waals surface area contributed by atoms with Gasteiger partial charge in [0, 0.05) is 42.5 Å². The average Bonchev–Trinajstić information content (AvgIpc) is 3.15. The maximum atomic E-state index is 11.3. The van der Waals surface area contributed by atoms with Crippen molar-refractivity contribution in [3.63, 3.8) is 0 Å². The first-order chi connectivity index (χ1) is 14.4. The van der Waals surface area contributed by atoms with Crippen molar-refractivity contribution in [2.45, 2.75) is 25.8 Å². The highest BCUT2D eigenvalue weighted by Gasteiger charge is 2.26. The highest BCUT2D eigenvalue weighted by atomic mass is 35.5. The number of nitrogens with zero attached hydrogens (tertiary/aromatic N) is 3. The second-order valence-electron chi connectivity index (χ2n) is 7.62. The molecule has 0 saturated carbocycles. The molecule has 1 unspecified atom stereocenters. The summed E-state index contributed by atoms with van der Waals surface area (Å²) >= 11 is 7.72. The molecule has 156 valence electrons. The van der Waals surface area contributed by atoms with E-state index < -0.39 is 5.97 Å². The van der Waals surface area contributed by atoms with E-state index in [1.54, 1.807) is 23.5 Å². The van der Waals surface area contributed by atoms with E-state index in [0.29, 0.717) is 11.6 Å². The van der Waals surface area contributed by atoms with Crippen LogP contribution in [0.3, 0.4) is 0 Å². The molecule has 30 heavy (non-hydrogen) atoms. The molecule has 0 radical (unpaired) electrons. The van der Waals surface area contributed by atoms with Crippen LogP contribution in [-0.2, 0) is 0 Å². The number of halogens is 1. The van der Waals surface area contributed by atoms with E-state index in [2.05, 4.69) is 23.8 Å². The molecule has 0 bridgehead atoms. The molecule has 0 aliphatic carbocycles. The van der Waals surface area contributed by atoms with Gasteiger partial charge in [0.1, 0.15) is 10.0 Å². The molecule has 1 saturated heterocycles. The summed E-state index contributed by atoms with van der Waals surface area (Å²) in [6.45, 7) is 3.84. The van der Waals surface area contributed by atoms with Crippen molar-refractivity contribution < 1.29 is 9.90 Å². The van der Waals surface area contributed by atoms with Crippen LogP contribution in [0.15, 0.2) is 48.5 Å². The van der Waals surface area contributed by atoms with Crippen molar-refractivity contribution in [1.29, 1.82) is 0 Å². The van der Waals surface area contributed by atoms with Crippen LogP contribution in [0.4, 0.5) is 10.7 Å². The third kappa shape index (κ3) is 4.30. The first-order valence-corrected chi connectivity index (χ1v) is 11.2. The molecule has 1 fully saturated rings. The predicted molar refractivity (Wildman–Crippen MR) is 124 cm³/mol. The number of carbonyl (C=O) groups is 1. The summed E-state index contributed by atoms with van der Waals surface area (Å²) in [5, 5.41) is 12.2. The topological polar surface area (TPSA) is 56.7 Å². The minimum atomic E-state index is -0.891. The minimum Gasteiger partial charge on any atom is -0.478 e. The quantitative estimate of drug-likeness (QED) is 0.560. The number of aromatic nitrogens is 1. The molecular weight excluding hydrogens is 418 g/mol. The predicted octanol–water partition coefficient (Wildman–Crippen LogP) is 5.58. The molecule has 1 atom stereocenters. The Bertz CT molecular complexity index is 1050. The van der Waals surface area contributed by atoms with Crippen molar-refractivity contribution in [3.8, 4) is 10.6 Å². The van der Waals surface area contributed by atoms with E-state index in [0.717, 1.165) is 52.9 Å². The van der Waals surface area contributed by atoms with Gasteiger partial charge in [-0.2, -0.15) is 0 Å². The van der Waals surface area contributed by atoms with Crippen LogP contribution in [-0.4, -0.2) is 42.2 Å². The number of aryl methyl sites for hydroxylation is 1. The molecule has 1 aromatic heterocycles. The van der Waals surface area contributed by atoms with Crippen molar-refractivity contribution in [2.24, 2.45) is 0 Å². The maximum absolute atomic E-state index is 11.3. The van der Waals surface area contributed by atoms with E-state index in [9.17, 15) is 9.90 Å². The van der Waals surface area contributed by atoms with Crippen molar-refractivity contribution in [3.05, 3.63) is 64.8 Å². The molecule has 1 aliphatic heterocycles. The molecule has 0 spiro atoms. The van der Waals surface area contributed by atoms with Crippen molar-refractivity contribution >= 4 is 39.6 Å². The van der Waals surface area contributed by atoms with Crippen LogP contribution in [0.2, 0.25) is 5.02 Å².